The molecule has 0 aliphatic heterocycles. The fourth-order valence-electron chi connectivity index (χ4n) is 1.24. The SMILES string of the molecule is O=P(O)(O)Oc1ccccc1.O=P(O)(O)Oc1ccccc1. The van der Waals surface area contributed by atoms with E-state index in [2.05, 4.69) is 9.05 Å². The summed E-state index contributed by atoms with van der Waals surface area (Å²) in [6.45, 7) is 0. The summed E-state index contributed by atoms with van der Waals surface area (Å²) in [7, 11) is -8.78. The van der Waals surface area contributed by atoms with E-state index in [9.17, 15) is 9.13 Å². The Balaban J connectivity index is 0.000000220. The molecule has 22 heavy (non-hydrogen) atoms. The highest BCUT2D eigenvalue weighted by atomic mass is 31.2. The minimum absolute atomic E-state index is 0.167. The number of para-hydroxylation sites is 2. The molecule has 0 spiro atoms. The summed E-state index contributed by atoms with van der Waals surface area (Å²) in [5.41, 5.74) is 0. The van der Waals surface area contributed by atoms with Crippen molar-refractivity contribution >= 4 is 15.6 Å². The molecule has 0 fully saturated rings. The number of rotatable bonds is 4. The second-order valence-electron chi connectivity index (χ2n) is 3.79. The van der Waals surface area contributed by atoms with Crippen LogP contribution in [0.4, 0.5) is 0 Å². The molecule has 120 valence electrons. The summed E-state index contributed by atoms with van der Waals surface area (Å²) in [4.78, 5) is 33.4. The molecule has 0 heterocycles. The van der Waals surface area contributed by atoms with E-state index in [-0.39, 0.29) is 11.5 Å². The number of benzene rings is 2. The molecule has 8 nitrogen and oxygen atoms in total. The number of hydrogen-bond acceptors (Lipinski definition) is 4. The molecule has 0 amide bonds. The quantitative estimate of drug-likeness (QED) is 0.619. The van der Waals surface area contributed by atoms with Crippen LogP contribution in [0.2, 0.25) is 0 Å². The van der Waals surface area contributed by atoms with Crippen LogP contribution in [-0.2, 0) is 9.13 Å². The zero-order valence-electron chi connectivity index (χ0n) is 11.1. The van der Waals surface area contributed by atoms with Crippen molar-refractivity contribution in [1.29, 1.82) is 0 Å². The van der Waals surface area contributed by atoms with Crippen molar-refractivity contribution < 1.29 is 37.8 Å². The molecule has 4 N–H and O–H groups in total. The molecule has 0 aliphatic carbocycles. The van der Waals surface area contributed by atoms with Crippen molar-refractivity contribution in [2.24, 2.45) is 0 Å². The van der Waals surface area contributed by atoms with Crippen LogP contribution < -0.4 is 9.05 Å². The fourth-order valence-corrected chi connectivity index (χ4v) is 2.03. The molecular weight excluding hydrogens is 334 g/mol. The van der Waals surface area contributed by atoms with Gasteiger partial charge in [-0.15, -0.1) is 0 Å². The zero-order chi connectivity index (χ0) is 16.6. The molecule has 0 bridgehead atoms. The van der Waals surface area contributed by atoms with Gasteiger partial charge in [-0.1, -0.05) is 36.4 Å². The third kappa shape index (κ3) is 9.31. The Morgan fingerprint density at radius 1 is 0.591 bits per heavy atom. The minimum atomic E-state index is -4.39. The van der Waals surface area contributed by atoms with Crippen molar-refractivity contribution in [1.82, 2.24) is 0 Å². The first-order valence-corrected chi connectivity index (χ1v) is 8.82. The maximum absolute atomic E-state index is 10.3. The maximum atomic E-state index is 10.3. The van der Waals surface area contributed by atoms with E-state index in [0.29, 0.717) is 0 Å². The first-order chi connectivity index (χ1) is 10.2. The molecular formula is C12H14O8P2. The highest BCUT2D eigenvalue weighted by Crippen LogP contribution is 2.37. The summed E-state index contributed by atoms with van der Waals surface area (Å²) < 4.78 is 29.1. The molecule has 0 aromatic heterocycles. The Labute approximate surface area is 126 Å². The number of phosphoric ester groups is 2. The second kappa shape index (κ2) is 8.10. The first-order valence-electron chi connectivity index (χ1n) is 5.76. The van der Waals surface area contributed by atoms with E-state index < -0.39 is 15.6 Å². The van der Waals surface area contributed by atoms with Gasteiger partial charge < -0.3 is 9.05 Å². The van der Waals surface area contributed by atoms with Gasteiger partial charge in [-0.2, -0.15) is 0 Å². The van der Waals surface area contributed by atoms with Crippen molar-refractivity contribution in [3.05, 3.63) is 60.7 Å². The molecule has 0 radical (unpaired) electrons. The van der Waals surface area contributed by atoms with Gasteiger partial charge in [0.1, 0.15) is 11.5 Å². The van der Waals surface area contributed by atoms with E-state index in [1.807, 2.05) is 0 Å². The van der Waals surface area contributed by atoms with E-state index in [1.165, 1.54) is 24.3 Å². The third-order valence-corrected chi connectivity index (χ3v) is 2.83. The normalized spacial score (nSPS) is 11.1. The van der Waals surface area contributed by atoms with E-state index in [4.69, 9.17) is 19.6 Å². The van der Waals surface area contributed by atoms with Gasteiger partial charge in [0.2, 0.25) is 0 Å². The topological polar surface area (TPSA) is 134 Å². The largest absolute Gasteiger partial charge is 0.524 e. The zero-order valence-corrected chi connectivity index (χ0v) is 12.9. The highest BCUT2D eigenvalue weighted by Gasteiger charge is 2.15. The predicted molar refractivity (Wildman–Crippen MR) is 78.2 cm³/mol. The summed E-state index contributed by atoms with van der Waals surface area (Å²) in [5.74, 6) is 0.335. The molecule has 0 saturated carbocycles. The van der Waals surface area contributed by atoms with Gasteiger partial charge in [0, 0.05) is 0 Å². The first kappa shape index (κ1) is 18.4. The molecule has 0 unspecified atom stereocenters. The maximum Gasteiger partial charge on any atom is 0.524 e. The Hall–Kier alpha value is -1.66. The van der Waals surface area contributed by atoms with Gasteiger partial charge in [0.25, 0.3) is 0 Å². The highest BCUT2D eigenvalue weighted by molar-refractivity contribution is 7.47. The second-order valence-corrected chi connectivity index (χ2v) is 6.12. The summed E-state index contributed by atoms with van der Waals surface area (Å²) in [6.07, 6.45) is 0. The van der Waals surface area contributed by atoms with Crippen LogP contribution >= 0.6 is 15.6 Å². The predicted octanol–water partition coefficient (Wildman–Crippen LogP) is 2.32. The van der Waals surface area contributed by atoms with E-state index in [0.717, 1.165) is 0 Å². The van der Waals surface area contributed by atoms with Crippen LogP contribution in [0.3, 0.4) is 0 Å². The molecule has 0 atom stereocenters. The van der Waals surface area contributed by atoms with Gasteiger partial charge in [0.05, 0.1) is 0 Å². The lowest BCUT2D eigenvalue weighted by atomic mass is 10.3. The van der Waals surface area contributed by atoms with Crippen molar-refractivity contribution in [3.63, 3.8) is 0 Å². The van der Waals surface area contributed by atoms with Crippen LogP contribution in [0.15, 0.2) is 60.7 Å². The molecule has 10 heteroatoms. The van der Waals surface area contributed by atoms with Gasteiger partial charge in [-0.25, -0.2) is 9.13 Å². The lowest BCUT2D eigenvalue weighted by Gasteiger charge is -2.04. The fraction of sp³-hybridized carbons (Fsp3) is 0. The van der Waals surface area contributed by atoms with Crippen molar-refractivity contribution in [2.75, 3.05) is 0 Å². The average Bonchev–Trinajstić information content (AvgIpc) is 2.38. The lowest BCUT2D eigenvalue weighted by Crippen LogP contribution is -1.88. The van der Waals surface area contributed by atoms with Crippen LogP contribution in [0, 0.1) is 0 Å². The van der Waals surface area contributed by atoms with E-state index in [1.54, 1.807) is 36.4 Å². The molecule has 2 aromatic carbocycles. The molecule has 2 rings (SSSR count). The molecule has 0 aliphatic rings. The Morgan fingerprint density at radius 2 is 0.864 bits per heavy atom. The van der Waals surface area contributed by atoms with Crippen LogP contribution in [0.5, 0.6) is 11.5 Å². The number of hydrogen-bond donors (Lipinski definition) is 4. The van der Waals surface area contributed by atoms with Gasteiger partial charge in [-0.3, -0.25) is 19.6 Å². The van der Waals surface area contributed by atoms with Gasteiger partial charge in [0.15, 0.2) is 0 Å². The van der Waals surface area contributed by atoms with Crippen LogP contribution in [-0.4, -0.2) is 19.6 Å². The minimum Gasteiger partial charge on any atom is -0.404 e. The average molecular weight is 348 g/mol. The van der Waals surface area contributed by atoms with Crippen LogP contribution in [0.1, 0.15) is 0 Å². The Kier molecular flexibility index (Phi) is 6.77. The van der Waals surface area contributed by atoms with Gasteiger partial charge in [-0.05, 0) is 24.3 Å². The van der Waals surface area contributed by atoms with Gasteiger partial charge >= 0.3 is 15.6 Å². The Morgan fingerprint density at radius 3 is 1.09 bits per heavy atom. The number of phosphoric acid groups is 2. The smallest absolute Gasteiger partial charge is 0.404 e. The lowest BCUT2D eigenvalue weighted by molar-refractivity contribution is 0.281. The standard InChI is InChI=1S/2C6H7O4P/c2*7-11(8,9)10-6-4-2-1-3-5-6/h2*1-5H,(H2,7,8,9). The molecule has 0 saturated heterocycles. The van der Waals surface area contributed by atoms with Crippen molar-refractivity contribution in [3.8, 4) is 11.5 Å². The monoisotopic (exact) mass is 348 g/mol. The van der Waals surface area contributed by atoms with Crippen LogP contribution in [0.25, 0.3) is 0 Å². The molecule has 2 aromatic rings. The van der Waals surface area contributed by atoms with E-state index >= 15 is 0 Å². The summed E-state index contributed by atoms with van der Waals surface area (Å²) in [6, 6.07) is 15.9. The van der Waals surface area contributed by atoms with Crippen molar-refractivity contribution in [2.45, 2.75) is 0 Å². The third-order valence-electron chi connectivity index (χ3n) is 1.94. The Bertz CT molecular complexity index is 590. The summed E-state index contributed by atoms with van der Waals surface area (Å²) >= 11 is 0. The summed E-state index contributed by atoms with van der Waals surface area (Å²) in [5, 5.41) is 0.